The van der Waals surface area contributed by atoms with Crippen molar-refractivity contribution in [2.75, 3.05) is 6.54 Å². The number of carbonyl (C=O) groups excluding carboxylic acids is 2. The molecule has 102 valence electrons. The van der Waals surface area contributed by atoms with E-state index in [1.165, 1.54) is 0 Å². The lowest BCUT2D eigenvalue weighted by atomic mass is 9.88. The number of rotatable bonds is 4. The summed E-state index contributed by atoms with van der Waals surface area (Å²) in [6.07, 6.45) is 6.37. The zero-order valence-corrected chi connectivity index (χ0v) is 11.5. The normalized spacial score (nSPS) is 26.8. The quantitative estimate of drug-likeness (QED) is 0.830. The minimum Gasteiger partial charge on any atom is -0.342 e. The second kappa shape index (κ2) is 5.29. The highest BCUT2D eigenvalue weighted by Crippen LogP contribution is 2.38. The van der Waals surface area contributed by atoms with Crippen molar-refractivity contribution in [2.24, 2.45) is 0 Å². The molecule has 4 nitrogen and oxygen atoms in total. The minimum atomic E-state index is -0.517. The molecule has 1 aliphatic carbocycles. The SMILES string of the molecule is CCCC1NC(=O)C2(CCCC2)N(CCC)C1=O. The van der Waals surface area contributed by atoms with E-state index in [1.807, 2.05) is 11.8 Å². The van der Waals surface area contributed by atoms with Crippen molar-refractivity contribution in [2.45, 2.75) is 70.4 Å². The van der Waals surface area contributed by atoms with Crippen LogP contribution in [-0.2, 0) is 9.59 Å². The van der Waals surface area contributed by atoms with Gasteiger partial charge >= 0.3 is 0 Å². The number of nitrogens with zero attached hydrogens (tertiary/aromatic N) is 1. The predicted molar refractivity (Wildman–Crippen MR) is 70.0 cm³/mol. The third-order valence-electron chi connectivity index (χ3n) is 4.26. The van der Waals surface area contributed by atoms with E-state index in [2.05, 4.69) is 12.2 Å². The van der Waals surface area contributed by atoms with Crippen LogP contribution in [0, 0.1) is 0 Å². The molecule has 0 bridgehead atoms. The number of piperazine rings is 1. The van der Waals surface area contributed by atoms with Crippen LogP contribution in [0.25, 0.3) is 0 Å². The van der Waals surface area contributed by atoms with Crippen LogP contribution in [-0.4, -0.2) is 34.8 Å². The van der Waals surface area contributed by atoms with Crippen LogP contribution in [0.15, 0.2) is 0 Å². The second-order valence-corrected chi connectivity index (χ2v) is 5.54. The number of amides is 2. The van der Waals surface area contributed by atoms with Crippen LogP contribution in [0.3, 0.4) is 0 Å². The Labute approximate surface area is 109 Å². The van der Waals surface area contributed by atoms with Crippen LogP contribution < -0.4 is 5.32 Å². The van der Waals surface area contributed by atoms with Crippen molar-refractivity contribution < 1.29 is 9.59 Å². The summed E-state index contributed by atoms with van der Waals surface area (Å²) in [6, 6.07) is -0.291. The Morgan fingerprint density at radius 3 is 2.44 bits per heavy atom. The Bertz CT molecular complexity index is 335. The molecule has 4 heteroatoms. The summed E-state index contributed by atoms with van der Waals surface area (Å²) in [5, 5.41) is 2.96. The van der Waals surface area contributed by atoms with Crippen molar-refractivity contribution in [3.63, 3.8) is 0 Å². The Morgan fingerprint density at radius 1 is 1.22 bits per heavy atom. The molecule has 2 amide bonds. The van der Waals surface area contributed by atoms with Crippen LogP contribution in [0.4, 0.5) is 0 Å². The number of carbonyl (C=O) groups is 2. The van der Waals surface area contributed by atoms with Crippen LogP contribution in [0.5, 0.6) is 0 Å². The Hall–Kier alpha value is -1.06. The molecule has 1 spiro atoms. The standard InChI is InChI=1S/C14H24N2O2/c1-3-7-11-12(17)16(10-4-2)14(13(18)15-11)8-5-6-9-14/h11H,3-10H2,1-2H3,(H,15,18). The molecule has 0 radical (unpaired) electrons. The van der Waals surface area contributed by atoms with E-state index in [0.717, 1.165) is 44.9 Å². The van der Waals surface area contributed by atoms with Gasteiger partial charge in [-0.1, -0.05) is 33.1 Å². The maximum Gasteiger partial charge on any atom is 0.246 e. The van der Waals surface area contributed by atoms with Gasteiger partial charge in [0.2, 0.25) is 11.8 Å². The van der Waals surface area contributed by atoms with Gasteiger partial charge in [-0.25, -0.2) is 0 Å². The molecule has 1 saturated carbocycles. The highest BCUT2D eigenvalue weighted by atomic mass is 16.2. The molecule has 1 heterocycles. The van der Waals surface area contributed by atoms with Gasteiger partial charge in [-0.05, 0) is 25.7 Å². The lowest BCUT2D eigenvalue weighted by molar-refractivity contribution is -0.157. The number of hydrogen-bond acceptors (Lipinski definition) is 2. The van der Waals surface area contributed by atoms with Crippen molar-refractivity contribution in [3.8, 4) is 0 Å². The largest absolute Gasteiger partial charge is 0.342 e. The third-order valence-corrected chi connectivity index (χ3v) is 4.26. The van der Waals surface area contributed by atoms with Crippen molar-refractivity contribution >= 4 is 11.8 Å². The molecule has 2 rings (SSSR count). The van der Waals surface area contributed by atoms with Gasteiger partial charge in [0.15, 0.2) is 0 Å². The van der Waals surface area contributed by atoms with E-state index in [-0.39, 0.29) is 17.9 Å². The molecule has 18 heavy (non-hydrogen) atoms. The van der Waals surface area contributed by atoms with Gasteiger partial charge in [0, 0.05) is 6.54 Å². The molecule has 1 saturated heterocycles. The zero-order valence-electron chi connectivity index (χ0n) is 11.5. The van der Waals surface area contributed by atoms with Crippen molar-refractivity contribution in [1.82, 2.24) is 10.2 Å². The Morgan fingerprint density at radius 2 is 1.89 bits per heavy atom. The summed E-state index contributed by atoms with van der Waals surface area (Å²) in [6.45, 7) is 4.83. The van der Waals surface area contributed by atoms with E-state index >= 15 is 0 Å². The summed E-state index contributed by atoms with van der Waals surface area (Å²) in [7, 11) is 0. The molecule has 1 atom stereocenters. The van der Waals surface area contributed by atoms with Gasteiger partial charge < -0.3 is 10.2 Å². The maximum absolute atomic E-state index is 12.5. The highest BCUT2D eigenvalue weighted by molar-refractivity contribution is 6.00. The van der Waals surface area contributed by atoms with Crippen molar-refractivity contribution in [3.05, 3.63) is 0 Å². The summed E-state index contributed by atoms with van der Waals surface area (Å²) in [4.78, 5) is 26.8. The van der Waals surface area contributed by atoms with Gasteiger partial charge in [-0.3, -0.25) is 9.59 Å². The molecule has 0 aromatic heterocycles. The number of hydrogen-bond donors (Lipinski definition) is 1. The van der Waals surface area contributed by atoms with E-state index in [0.29, 0.717) is 6.54 Å². The maximum atomic E-state index is 12.5. The molecular formula is C14H24N2O2. The molecule has 1 aliphatic heterocycles. The fraction of sp³-hybridized carbons (Fsp3) is 0.857. The first-order valence-electron chi connectivity index (χ1n) is 7.28. The van der Waals surface area contributed by atoms with E-state index in [1.54, 1.807) is 0 Å². The lowest BCUT2D eigenvalue weighted by Crippen LogP contribution is -2.69. The smallest absolute Gasteiger partial charge is 0.246 e. The van der Waals surface area contributed by atoms with Gasteiger partial charge in [0.05, 0.1) is 0 Å². The highest BCUT2D eigenvalue weighted by Gasteiger charge is 2.52. The summed E-state index contributed by atoms with van der Waals surface area (Å²) >= 11 is 0. The first kappa shape index (κ1) is 13.4. The fourth-order valence-corrected chi connectivity index (χ4v) is 3.36. The fourth-order valence-electron chi connectivity index (χ4n) is 3.36. The average Bonchev–Trinajstić information content (AvgIpc) is 2.83. The molecule has 0 aromatic carbocycles. The predicted octanol–water partition coefficient (Wildman–Crippen LogP) is 1.84. The van der Waals surface area contributed by atoms with Crippen molar-refractivity contribution in [1.29, 1.82) is 0 Å². The van der Waals surface area contributed by atoms with Crippen LogP contribution in [0.2, 0.25) is 0 Å². The lowest BCUT2D eigenvalue weighted by Gasteiger charge is -2.46. The van der Waals surface area contributed by atoms with Gasteiger partial charge in [-0.15, -0.1) is 0 Å². The van der Waals surface area contributed by atoms with Gasteiger partial charge in [0.1, 0.15) is 11.6 Å². The molecule has 1 unspecified atom stereocenters. The summed E-state index contributed by atoms with van der Waals surface area (Å²) in [5.74, 6) is 0.228. The topological polar surface area (TPSA) is 49.4 Å². The number of nitrogens with one attached hydrogen (secondary N) is 1. The zero-order chi connectivity index (χ0) is 13.2. The third kappa shape index (κ3) is 2.02. The second-order valence-electron chi connectivity index (χ2n) is 5.54. The minimum absolute atomic E-state index is 0.0894. The first-order valence-corrected chi connectivity index (χ1v) is 7.28. The monoisotopic (exact) mass is 252 g/mol. The van der Waals surface area contributed by atoms with Crippen LogP contribution in [0.1, 0.15) is 58.8 Å². The Balaban J connectivity index is 2.25. The summed E-state index contributed by atoms with van der Waals surface area (Å²) < 4.78 is 0. The van der Waals surface area contributed by atoms with E-state index in [9.17, 15) is 9.59 Å². The van der Waals surface area contributed by atoms with E-state index < -0.39 is 5.54 Å². The molecular weight excluding hydrogens is 228 g/mol. The van der Waals surface area contributed by atoms with Crippen LogP contribution >= 0.6 is 0 Å². The molecule has 2 fully saturated rings. The molecule has 1 N–H and O–H groups in total. The molecule has 0 aromatic rings. The average molecular weight is 252 g/mol. The molecule has 2 aliphatic rings. The van der Waals surface area contributed by atoms with E-state index in [4.69, 9.17) is 0 Å². The van der Waals surface area contributed by atoms with Gasteiger partial charge in [0.25, 0.3) is 0 Å². The van der Waals surface area contributed by atoms with Gasteiger partial charge in [-0.2, -0.15) is 0 Å². The first-order chi connectivity index (χ1) is 8.65. The Kier molecular flexibility index (Phi) is 3.93. The summed E-state index contributed by atoms with van der Waals surface area (Å²) in [5.41, 5.74) is -0.517.